The average Bonchev–Trinajstić information content (AvgIpc) is 3.37. The van der Waals surface area contributed by atoms with E-state index in [0.717, 1.165) is 43.6 Å². The van der Waals surface area contributed by atoms with Crippen LogP contribution in [0.2, 0.25) is 5.02 Å². The molecule has 43 heavy (non-hydrogen) atoms. The number of aryl methyl sites for hydroxylation is 1. The van der Waals surface area contributed by atoms with Crippen LogP contribution in [0.3, 0.4) is 0 Å². The first-order valence-corrected chi connectivity index (χ1v) is 15.9. The van der Waals surface area contributed by atoms with Gasteiger partial charge in [0.15, 0.2) is 0 Å². The Morgan fingerprint density at radius 1 is 1.21 bits per heavy atom. The Morgan fingerprint density at radius 2 is 2.02 bits per heavy atom. The second-order valence-corrected chi connectivity index (χ2v) is 12.7. The largest absolute Gasteiger partial charge is 0.497 e. The highest BCUT2D eigenvalue weighted by Crippen LogP contribution is 2.39. The van der Waals surface area contributed by atoms with Crippen LogP contribution in [0.15, 0.2) is 53.6 Å². The molecule has 0 saturated carbocycles. The van der Waals surface area contributed by atoms with Gasteiger partial charge in [0, 0.05) is 36.0 Å². The van der Waals surface area contributed by atoms with E-state index in [0.29, 0.717) is 41.0 Å². The molecule has 2 aromatic carbocycles. The molecule has 1 aliphatic heterocycles. The third-order valence-corrected chi connectivity index (χ3v) is 9.72. The summed E-state index contributed by atoms with van der Waals surface area (Å²) < 4.78 is 56.1. The molecule has 2 aromatic heterocycles. The Labute approximate surface area is 254 Å². The highest BCUT2D eigenvalue weighted by Gasteiger charge is 2.27. The monoisotopic (exact) mass is 626 g/mol. The number of halogens is 2. The molecule has 2 aliphatic rings. The van der Waals surface area contributed by atoms with E-state index < -0.39 is 15.8 Å². The number of aromatic nitrogens is 3. The lowest BCUT2D eigenvalue weighted by Crippen LogP contribution is -2.50. The van der Waals surface area contributed by atoms with Gasteiger partial charge in [0.1, 0.15) is 28.0 Å². The standard InChI is InChI=1S/C30H32ClFN6O4S/c1-3-38-29-22(17-4-7-19(8-5-17)35-20-15-42-16-20)14-34-30(33)27(29)28(36-38)18-6-11-25(24(32)12-18)37-43(39,40)26-13-21(41-2)9-10-23(26)31/h4,6,9-14,19-20,35,37H,3,5,7-8,15-16H2,1-2H3,(H2,33,34)/t19-/m0/s1. The smallest absolute Gasteiger partial charge is 0.263 e. The summed E-state index contributed by atoms with van der Waals surface area (Å²) in [7, 11) is -2.80. The molecular weight excluding hydrogens is 595 g/mol. The number of hydrogen-bond donors (Lipinski definition) is 3. The van der Waals surface area contributed by atoms with Crippen molar-refractivity contribution in [3.05, 3.63) is 65.1 Å². The number of nitrogens with one attached hydrogen (secondary N) is 2. The zero-order valence-corrected chi connectivity index (χ0v) is 25.3. The molecule has 0 radical (unpaired) electrons. The molecule has 13 heteroatoms. The van der Waals surface area contributed by atoms with Crippen LogP contribution in [0.1, 0.15) is 31.7 Å². The maximum absolute atomic E-state index is 15.5. The molecule has 1 saturated heterocycles. The van der Waals surface area contributed by atoms with Crippen LogP contribution < -0.4 is 20.5 Å². The van der Waals surface area contributed by atoms with Crippen molar-refractivity contribution in [1.29, 1.82) is 0 Å². The van der Waals surface area contributed by atoms with Crippen molar-refractivity contribution in [3.8, 4) is 17.0 Å². The summed E-state index contributed by atoms with van der Waals surface area (Å²) >= 11 is 6.13. The molecule has 0 unspecified atom stereocenters. The fourth-order valence-corrected chi connectivity index (χ4v) is 7.14. The number of anilines is 2. The van der Waals surface area contributed by atoms with E-state index in [2.05, 4.69) is 21.1 Å². The molecule has 1 fully saturated rings. The fourth-order valence-electron chi connectivity index (χ4n) is 5.56. The third kappa shape index (κ3) is 5.67. The molecular formula is C30H32ClFN6O4S. The van der Waals surface area contributed by atoms with Crippen molar-refractivity contribution in [1.82, 2.24) is 20.1 Å². The maximum atomic E-state index is 15.5. The minimum atomic E-state index is -4.21. The van der Waals surface area contributed by atoms with Crippen LogP contribution in [-0.2, 0) is 21.3 Å². The summed E-state index contributed by atoms with van der Waals surface area (Å²) in [6.07, 6.45) is 6.79. The number of sulfonamides is 1. The summed E-state index contributed by atoms with van der Waals surface area (Å²) in [6.45, 7) is 4.07. The summed E-state index contributed by atoms with van der Waals surface area (Å²) in [4.78, 5) is 4.26. The lowest BCUT2D eigenvalue weighted by molar-refractivity contribution is -0.0103. The van der Waals surface area contributed by atoms with Crippen molar-refractivity contribution in [2.24, 2.45) is 0 Å². The highest BCUT2D eigenvalue weighted by molar-refractivity contribution is 7.92. The van der Waals surface area contributed by atoms with E-state index in [9.17, 15) is 8.42 Å². The quantitative estimate of drug-likeness (QED) is 0.230. The second-order valence-electron chi connectivity index (χ2n) is 10.6. The molecule has 0 amide bonds. The number of nitrogens with two attached hydrogens (primary N) is 1. The minimum Gasteiger partial charge on any atom is -0.497 e. The van der Waals surface area contributed by atoms with Crippen molar-refractivity contribution >= 4 is 49.6 Å². The number of hydrogen-bond acceptors (Lipinski definition) is 8. The molecule has 226 valence electrons. The van der Waals surface area contributed by atoms with Crippen molar-refractivity contribution in [2.75, 3.05) is 30.8 Å². The Balaban J connectivity index is 1.33. The first kappa shape index (κ1) is 29.4. The number of nitrogens with zero attached hydrogens (tertiary/aromatic N) is 3. The maximum Gasteiger partial charge on any atom is 0.263 e. The van der Waals surface area contributed by atoms with E-state index in [1.54, 1.807) is 12.3 Å². The van der Waals surface area contributed by atoms with Crippen LogP contribution >= 0.6 is 11.6 Å². The number of fused-ring (bicyclic) bond motifs is 1. The average molecular weight is 627 g/mol. The van der Waals surface area contributed by atoms with Gasteiger partial charge in [-0.15, -0.1) is 0 Å². The Kier molecular flexibility index (Phi) is 8.03. The van der Waals surface area contributed by atoms with Crippen molar-refractivity contribution in [2.45, 2.75) is 49.7 Å². The predicted octanol–water partition coefficient (Wildman–Crippen LogP) is 5.23. The van der Waals surface area contributed by atoms with E-state index >= 15 is 4.39 Å². The molecule has 0 bridgehead atoms. The van der Waals surface area contributed by atoms with E-state index in [-0.39, 0.29) is 21.4 Å². The molecule has 4 N–H and O–H groups in total. The third-order valence-electron chi connectivity index (χ3n) is 7.88. The highest BCUT2D eigenvalue weighted by atomic mass is 35.5. The molecule has 1 atom stereocenters. The van der Waals surface area contributed by atoms with E-state index in [1.165, 1.54) is 43.0 Å². The van der Waals surface area contributed by atoms with Gasteiger partial charge in [-0.2, -0.15) is 5.10 Å². The van der Waals surface area contributed by atoms with Crippen molar-refractivity contribution < 1.29 is 22.3 Å². The Bertz CT molecular complexity index is 1840. The SMILES string of the molecule is CCn1nc(-c2ccc(NS(=O)(=O)c3cc(OC)ccc3Cl)c(F)c2)c2c(N)ncc(C3=CC[C@H](NC4COC4)CC3)c21. The van der Waals surface area contributed by atoms with Gasteiger partial charge in [-0.1, -0.05) is 23.7 Å². The fraction of sp³-hybridized carbons (Fsp3) is 0.333. The number of pyridine rings is 1. The van der Waals surface area contributed by atoms with Gasteiger partial charge in [-0.25, -0.2) is 17.8 Å². The molecule has 10 nitrogen and oxygen atoms in total. The minimum absolute atomic E-state index is 0.0199. The van der Waals surface area contributed by atoms with Gasteiger partial charge in [0.25, 0.3) is 10.0 Å². The Hall–Kier alpha value is -3.71. The normalized spacial score (nSPS) is 17.5. The van der Waals surface area contributed by atoms with Gasteiger partial charge in [0.2, 0.25) is 0 Å². The summed E-state index contributed by atoms with van der Waals surface area (Å²) in [5, 5.41) is 9.05. The molecule has 0 spiro atoms. The molecule has 1 aliphatic carbocycles. The number of methoxy groups -OCH3 is 1. The van der Waals surface area contributed by atoms with Gasteiger partial charge >= 0.3 is 0 Å². The lowest BCUT2D eigenvalue weighted by atomic mass is 9.89. The predicted molar refractivity (Wildman–Crippen MR) is 165 cm³/mol. The van der Waals surface area contributed by atoms with Gasteiger partial charge in [0.05, 0.1) is 48.0 Å². The van der Waals surface area contributed by atoms with Crippen LogP contribution in [0.5, 0.6) is 5.75 Å². The number of allylic oxidation sites excluding steroid dienone is 1. The summed E-state index contributed by atoms with van der Waals surface area (Å²) in [5.74, 6) is -0.201. The van der Waals surface area contributed by atoms with Crippen LogP contribution in [0.4, 0.5) is 15.9 Å². The number of rotatable bonds is 9. The lowest BCUT2D eigenvalue weighted by Gasteiger charge is -2.33. The summed E-state index contributed by atoms with van der Waals surface area (Å²) in [5.41, 5.74) is 10.0. The van der Waals surface area contributed by atoms with Crippen molar-refractivity contribution in [3.63, 3.8) is 0 Å². The molecule has 4 aromatic rings. The van der Waals surface area contributed by atoms with E-state index in [1.807, 2.05) is 11.6 Å². The van der Waals surface area contributed by atoms with Crippen LogP contribution in [0.25, 0.3) is 27.7 Å². The number of benzene rings is 2. The number of nitrogen functional groups attached to an aromatic ring is 1. The van der Waals surface area contributed by atoms with Crippen LogP contribution in [0, 0.1) is 5.82 Å². The zero-order valence-electron chi connectivity index (χ0n) is 23.7. The van der Waals surface area contributed by atoms with E-state index in [4.69, 9.17) is 31.9 Å². The number of ether oxygens (including phenoxy) is 2. The van der Waals surface area contributed by atoms with Gasteiger partial charge < -0.3 is 20.5 Å². The Morgan fingerprint density at radius 3 is 2.67 bits per heavy atom. The topological polar surface area (TPSA) is 133 Å². The zero-order chi connectivity index (χ0) is 30.3. The second kappa shape index (κ2) is 11.8. The molecule has 6 rings (SSSR count). The van der Waals surface area contributed by atoms with Crippen LogP contribution in [-0.4, -0.2) is 55.6 Å². The molecule has 3 heterocycles. The summed E-state index contributed by atoms with van der Waals surface area (Å²) in [6, 6.07) is 9.23. The van der Waals surface area contributed by atoms with Gasteiger partial charge in [-0.3, -0.25) is 9.40 Å². The van der Waals surface area contributed by atoms with Gasteiger partial charge in [-0.05, 0) is 56.0 Å². The first-order chi connectivity index (χ1) is 20.7. The first-order valence-electron chi connectivity index (χ1n) is 14.0.